The molecule has 1 amide bonds. The fraction of sp³-hybridized carbons (Fsp3) is 0.692. The maximum Gasteiger partial charge on any atom is 0.271 e. The van der Waals surface area contributed by atoms with Crippen molar-refractivity contribution in [3.05, 3.63) is 17.7 Å². The summed E-state index contributed by atoms with van der Waals surface area (Å²) in [5.74, 6) is 0.335. The predicted octanol–water partition coefficient (Wildman–Crippen LogP) is 0.152. The first-order valence-electron chi connectivity index (χ1n) is 6.82. The molecule has 0 atom stereocenters. The fourth-order valence-corrected chi connectivity index (χ4v) is 2.39. The van der Waals surface area contributed by atoms with Crippen LogP contribution in [0.2, 0.25) is 0 Å². The lowest BCUT2D eigenvalue weighted by Gasteiger charge is -2.30. The SMILES string of the molecule is Cc1[nH]cnc1C(=O)NCCN1CCC(CO)CC1. The van der Waals surface area contributed by atoms with Crippen LogP contribution in [0, 0.1) is 12.8 Å². The first kappa shape index (κ1) is 14.0. The van der Waals surface area contributed by atoms with Crippen molar-refractivity contribution >= 4 is 5.91 Å². The first-order valence-corrected chi connectivity index (χ1v) is 6.82. The summed E-state index contributed by atoms with van der Waals surface area (Å²) in [7, 11) is 0. The number of nitrogens with one attached hydrogen (secondary N) is 2. The van der Waals surface area contributed by atoms with Crippen LogP contribution in [0.3, 0.4) is 0 Å². The molecule has 1 fully saturated rings. The second-order valence-corrected chi connectivity index (χ2v) is 5.10. The number of likely N-dealkylation sites (tertiary alicyclic amines) is 1. The summed E-state index contributed by atoms with van der Waals surface area (Å²) >= 11 is 0. The summed E-state index contributed by atoms with van der Waals surface area (Å²) < 4.78 is 0. The van der Waals surface area contributed by atoms with Crippen molar-refractivity contribution < 1.29 is 9.90 Å². The van der Waals surface area contributed by atoms with Gasteiger partial charge in [0.15, 0.2) is 0 Å². The number of amides is 1. The van der Waals surface area contributed by atoms with E-state index >= 15 is 0 Å². The largest absolute Gasteiger partial charge is 0.396 e. The number of aryl methyl sites for hydroxylation is 1. The van der Waals surface area contributed by atoms with Crippen LogP contribution in [0.1, 0.15) is 29.0 Å². The number of hydrogen-bond acceptors (Lipinski definition) is 4. The Morgan fingerprint density at radius 3 is 2.89 bits per heavy atom. The van der Waals surface area contributed by atoms with Crippen LogP contribution in [-0.2, 0) is 0 Å². The number of aliphatic hydroxyl groups is 1. The highest BCUT2D eigenvalue weighted by molar-refractivity contribution is 5.93. The number of rotatable bonds is 5. The Morgan fingerprint density at radius 1 is 1.58 bits per heavy atom. The molecule has 106 valence electrons. The molecule has 0 radical (unpaired) electrons. The van der Waals surface area contributed by atoms with Crippen molar-refractivity contribution in [1.29, 1.82) is 0 Å². The van der Waals surface area contributed by atoms with Crippen molar-refractivity contribution in [2.24, 2.45) is 5.92 Å². The molecule has 0 aliphatic carbocycles. The lowest BCUT2D eigenvalue weighted by atomic mass is 9.98. The lowest BCUT2D eigenvalue weighted by Crippen LogP contribution is -2.40. The van der Waals surface area contributed by atoms with Crippen LogP contribution >= 0.6 is 0 Å². The summed E-state index contributed by atoms with van der Waals surface area (Å²) in [5, 5.41) is 12.0. The molecule has 2 heterocycles. The van der Waals surface area contributed by atoms with Gasteiger partial charge in [0.2, 0.25) is 0 Å². The molecule has 1 aromatic rings. The summed E-state index contributed by atoms with van der Waals surface area (Å²) in [6, 6.07) is 0. The zero-order chi connectivity index (χ0) is 13.7. The number of nitrogens with zero attached hydrogens (tertiary/aromatic N) is 2. The van der Waals surface area contributed by atoms with Crippen molar-refractivity contribution in [2.45, 2.75) is 19.8 Å². The normalized spacial score (nSPS) is 17.6. The average Bonchev–Trinajstić information content (AvgIpc) is 2.86. The Balaban J connectivity index is 1.67. The maximum absolute atomic E-state index is 11.8. The molecular formula is C13H22N4O2. The topological polar surface area (TPSA) is 81.2 Å². The van der Waals surface area contributed by atoms with Gasteiger partial charge in [0, 0.05) is 25.4 Å². The molecule has 1 saturated heterocycles. The number of aromatic nitrogens is 2. The Morgan fingerprint density at radius 2 is 2.32 bits per heavy atom. The third kappa shape index (κ3) is 3.78. The Hall–Kier alpha value is -1.40. The van der Waals surface area contributed by atoms with E-state index in [0.717, 1.165) is 38.2 Å². The quantitative estimate of drug-likeness (QED) is 0.709. The zero-order valence-electron chi connectivity index (χ0n) is 11.4. The van der Waals surface area contributed by atoms with E-state index in [4.69, 9.17) is 5.11 Å². The van der Waals surface area contributed by atoms with E-state index in [0.29, 0.717) is 24.8 Å². The van der Waals surface area contributed by atoms with Gasteiger partial charge in [-0.25, -0.2) is 4.98 Å². The van der Waals surface area contributed by atoms with Crippen molar-refractivity contribution in [3.8, 4) is 0 Å². The number of hydrogen-bond donors (Lipinski definition) is 3. The number of H-pyrrole nitrogens is 1. The second kappa shape index (κ2) is 6.68. The van der Waals surface area contributed by atoms with E-state index in [1.54, 1.807) is 0 Å². The highest BCUT2D eigenvalue weighted by atomic mass is 16.3. The molecule has 0 spiro atoms. The van der Waals surface area contributed by atoms with Crippen molar-refractivity contribution in [1.82, 2.24) is 20.2 Å². The highest BCUT2D eigenvalue weighted by Gasteiger charge is 2.18. The molecule has 2 rings (SSSR count). The number of piperidine rings is 1. The van der Waals surface area contributed by atoms with Crippen LogP contribution in [0.15, 0.2) is 6.33 Å². The third-order valence-corrected chi connectivity index (χ3v) is 3.72. The standard InChI is InChI=1S/C13H22N4O2/c1-10-12(16-9-15-10)13(19)14-4-7-17-5-2-11(8-18)3-6-17/h9,11,18H,2-8H2,1H3,(H,14,19)(H,15,16). The van der Waals surface area contributed by atoms with Crippen molar-refractivity contribution in [2.75, 3.05) is 32.8 Å². The molecule has 19 heavy (non-hydrogen) atoms. The summed E-state index contributed by atoms with van der Waals surface area (Å²) in [6.45, 7) is 5.62. The molecule has 6 heteroatoms. The lowest BCUT2D eigenvalue weighted by molar-refractivity contribution is 0.0934. The Kier molecular flexibility index (Phi) is 4.93. The van der Waals surface area contributed by atoms with Gasteiger partial charge in [0.1, 0.15) is 5.69 Å². The third-order valence-electron chi connectivity index (χ3n) is 3.72. The molecular weight excluding hydrogens is 244 g/mol. The first-order chi connectivity index (χ1) is 9.20. The van der Waals surface area contributed by atoms with Crippen LogP contribution in [0.5, 0.6) is 0 Å². The van der Waals surface area contributed by atoms with Crippen LogP contribution in [-0.4, -0.2) is 58.7 Å². The van der Waals surface area contributed by atoms with E-state index in [-0.39, 0.29) is 5.91 Å². The highest BCUT2D eigenvalue weighted by Crippen LogP contribution is 2.15. The molecule has 0 saturated carbocycles. The van der Waals surface area contributed by atoms with E-state index in [1.807, 2.05) is 6.92 Å². The number of carbonyl (C=O) groups is 1. The number of carbonyl (C=O) groups excluding carboxylic acids is 1. The van der Waals surface area contributed by atoms with Gasteiger partial charge in [-0.15, -0.1) is 0 Å². The van der Waals surface area contributed by atoms with Gasteiger partial charge in [0.25, 0.3) is 5.91 Å². The van der Waals surface area contributed by atoms with E-state index in [1.165, 1.54) is 6.33 Å². The molecule has 0 unspecified atom stereocenters. The molecule has 1 aliphatic heterocycles. The fourth-order valence-electron chi connectivity index (χ4n) is 2.39. The Labute approximate surface area is 113 Å². The van der Waals surface area contributed by atoms with Crippen molar-refractivity contribution in [3.63, 3.8) is 0 Å². The molecule has 0 aromatic carbocycles. The Bertz CT molecular complexity index is 411. The molecule has 0 bridgehead atoms. The number of imidazole rings is 1. The minimum absolute atomic E-state index is 0.121. The van der Waals surface area contributed by atoms with E-state index in [2.05, 4.69) is 20.2 Å². The van der Waals surface area contributed by atoms with Gasteiger partial charge in [0.05, 0.1) is 6.33 Å². The summed E-state index contributed by atoms with van der Waals surface area (Å²) in [4.78, 5) is 21.0. The van der Waals surface area contributed by atoms with E-state index in [9.17, 15) is 4.79 Å². The number of aliphatic hydroxyl groups excluding tert-OH is 1. The maximum atomic E-state index is 11.8. The number of aromatic amines is 1. The smallest absolute Gasteiger partial charge is 0.271 e. The van der Waals surface area contributed by atoms with Gasteiger partial charge in [-0.05, 0) is 38.8 Å². The average molecular weight is 266 g/mol. The van der Waals surface area contributed by atoms with Crippen LogP contribution < -0.4 is 5.32 Å². The summed E-state index contributed by atoms with van der Waals surface area (Å²) in [5.41, 5.74) is 1.26. The minimum atomic E-state index is -0.121. The van der Waals surface area contributed by atoms with Crippen LogP contribution in [0.25, 0.3) is 0 Å². The van der Waals surface area contributed by atoms with Gasteiger partial charge < -0.3 is 20.3 Å². The van der Waals surface area contributed by atoms with Gasteiger partial charge in [-0.3, -0.25) is 4.79 Å². The summed E-state index contributed by atoms with van der Waals surface area (Å²) in [6.07, 6.45) is 3.62. The molecule has 1 aromatic heterocycles. The zero-order valence-corrected chi connectivity index (χ0v) is 11.4. The van der Waals surface area contributed by atoms with Crippen LogP contribution in [0.4, 0.5) is 0 Å². The molecule has 3 N–H and O–H groups in total. The van der Waals surface area contributed by atoms with E-state index < -0.39 is 0 Å². The molecule has 6 nitrogen and oxygen atoms in total. The molecule has 1 aliphatic rings. The second-order valence-electron chi connectivity index (χ2n) is 5.10. The minimum Gasteiger partial charge on any atom is -0.396 e. The predicted molar refractivity (Wildman–Crippen MR) is 71.9 cm³/mol. The van der Waals surface area contributed by atoms with Gasteiger partial charge in [-0.1, -0.05) is 0 Å². The van der Waals surface area contributed by atoms with Gasteiger partial charge in [-0.2, -0.15) is 0 Å². The van der Waals surface area contributed by atoms with Gasteiger partial charge >= 0.3 is 0 Å². The monoisotopic (exact) mass is 266 g/mol.